The first-order valence-electron chi connectivity index (χ1n) is 7.14. The lowest BCUT2D eigenvalue weighted by atomic mass is 10.2. The highest BCUT2D eigenvalue weighted by Crippen LogP contribution is 2.27. The van der Waals surface area contributed by atoms with Crippen LogP contribution in [0.15, 0.2) is 84.0 Å². The summed E-state index contributed by atoms with van der Waals surface area (Å²) in [5, 5.41) is 7.47. The maximum Gasteiger partial charge on any atom is 0.0680 e. The molecule has 4 heteroatoms. The standard InChI is InChI=1S/C19H14Cl2N2/c20-18-13-7-8-15(19(18)21)14-22-23(16-9-3-1-4-10-16)17-11-5-2-6-12-17/h1-14H/b22-14+. The summed E-state index contributed by atoms with van der Waals surface area (Å²) in [4.78, 5) is 0. The van der Waals surface area contributed by atoms with Gasteiger partial charge in [-0.2, -0.15) is 5.10 Å². The maximum absolute atomic E-state index is 6.23. The van der Waals surface area contributed by atoms with E-state index in [0.717, 1.165) is 16.9 Å². The van der Waals surface area contributed by atoms with Gasteiger partial charge in [0.05, 0.1) is 27.6 Å². The van der Waals surface area contributed by atoms with Crippen LogP contribution in [0.5, 0.6) is 0 Å². The Bertz CT molecular complexity index is 763. The van der Waals surface area contributed by atoms with Gasteiger partial charge in [-0.15, -0.1) is 0 Å². The topological polar surface area (TPSA) is 15.6 Å². The second-order valence-corrected chi connectivity index (χ2v) is 5.66. The van der Waals surface area contributed by atoms with E-state index >= 15 is 0 Å². The molecule has 23 heavy (non-hydrogen) atoms. The minimum Gasteiger partial charge on any atom is -0.234 e. The van der Waals surface area contributed by atoms with Crippen LogP contribution in [-0.2, 0) is 0 Å². The molecule has 2 nitrogen and oxygen atoms in total. The number of hydrogen-bond donors (Lipinski definition) is 0. The number of halogens is 2. The van der Waals surface area contributed by atoms with Crippen LogP contribution < -0.4 is 5.01 Å². The van der Waals surface area contributed by atoms with Gasteiger partial charge in [0, 0.05) is 5.56 Å². The van der Waals surface area contributed by atoms with Gasteiger partial charge in [0.1, 0.15) is 0 Å². The number of rotatable bonds is 4. The Hall–Kier alpha value is -2.29. The molecule has 0 heterocycles. The summed E-state index contributed by atoms with van der Waals surface area (Å²) in [6, 6.07) is 25.4. The molecule has 3 aromatic rings. The molecule has 0 atom stereocenters. The van der Waals surface area contributed by atoms with Crippen molar-refractivity contribution in [3.8, 4) is 0 Å². The van der Waals surface area contributed by atoms with Crippen molar-refractivity contribution in [2.75, 3.05) is 5.01 Å². The van der Waals surface area contributed by atoms with E-state index in [1.165, 1.54) is 0 Å². The van der Waals surface area contributed by atoms with Crippen LogP contribution in [0.3, 0.4) is 0 Å². The summed E-state index contributed by atoms with van der Waals surface area (Å²) in [6.45, 7) is 0. The molecule has 0 aliphatic heterocycles. The molecule has 0 bridgehead atoms. The van der Waals surface area contributed by atoms with Gasteiger partial charge in [-0.3, -0.25) is 0 Å². The predicted octanol–water partition coefficient (Wildman–Crippen LogP) is 6.17. The van der Waals surface area contributed by atoms with Gasteiger partial charge >= 0.3 is 0 Å². The lowest BCUT2D eigenvalue weighted by Gasteiger charge is -2.19. The van der Waals surface area contributed by atoms with Crippen molar-refractivity contribution >= 4 is 40.8 Å². The van der Waals surface area contributed by atoms with Crippen molar-refractivity contribution in [1.82, 2.24) is 0 Å². The van der Waals surface area contributed by atoms with E-state index in [1.807, 2.05) is 77.8 Å². The number of nitrogens with zero attached hydrogens (tertiary/aromatic N) is 2. The quantitative estimate of drug-likeness (QED) is 0.409. The zero-order chi connectivity index (χ0) is 16.1. The average Bonchev–Trinajstić information content (AvgIpc) is 2.60. The van der Waals surface area contributed by atoms with Crippen molar-refractivity contribution in [1.29, 1.82) is 0 Å². The Labute approximate surface area is 145 Å². The van der Waals surface area contributed by atoms with Crippen LogP contribution in [0.2, 0.25) is 10.0 Å². The third kappa shape index (κ3) is 3.73. The number of hydrogen-bond acceptors (Lipinski definition) is 2. The molecule has 0 saturated heterocycles. The van der Waals surface area contributed by atoms with Crippen LogP contribution in [0, 0.1) is 0 Å². The van der Waals surface area contributed by atoms with Crippen LogP contribution in [0.4, 0.5) is 11.4 Å². The fraction of sp³-hybridized carbons (Fsp3) is 0. The summed E-state index contributed by atoms with van der Waals surface area (Å²) in [5.41, 5.74) is 2.71. The monoisotopic (exact) mass is 340 g/mol. The van der Waals surface area contributed by atoms with E-state index in [2.05, 4.69) is 5.10 Å². The summed E-state index contributed by atoms with van der Waals surface area (Å²) < 4.78 is 0. The van der Waals surface area contributed by atoms with E-state index in [9.17, 15) is 0 Å². The Morgan fingerprint density at radius 2 is 1.26 bits per heavy atom. The van der Waals surface area contributed by atoms with Crippen LogP contribution in [0.25, 0.3) is 0 Å². The number of hydrazone groups is 1. The second kappa shape index (κ2) is 7.32. The van der Waals surface area contributed by atoms with Crippen molar-refractivity contribution in [2.45, 2.75) is 0 Å². The van der Waals surface area contributed by atoms with Crippen LogP contribution in [0.1, 0.15) is 5.56 Å². The fourth-order valence-corrected chi connectivity index (χ4v) is 2.52. The zero-order valence-corrected chi connectivity index (χ0v) is 13.7. The van der Waals surface area contributed by atoms with Crippen molar-refractivity contribution in [3.05, 3.63) is 94.5 Å². The highest BCUT2D eigenvalue weighted by Gasteiger charge is 2.07. The number of anilines is 2. The molecule has 0 radical (unpaired) electrons. The van der Waals surface area contributed by atoms with Gasteiger partial charge in [-0.1, -0.05) is 71.7 Å². The van der Waals surface area contributed by atoms with E-state index in [1.54, 1.807) is 12.3 Å². The van der Waals surface area contributed by atoms with Gasteiger partial charge in [0.15, 0.2) is 0 Å². The first-order chi connectivity index (χ1) is 11.3. The SMILES string of the molecule is Clc1cccc(/C=N/N(c2ccccc2)c2ccccc2)c1Cl. The molecular weight excluding hydrogens is 327 g/mol. The van der Waals surface area contributed by atoms with Gasteiger partial charge in [0.2, 0.25) is 0 Å². The van der Waals surface area contributed by atoms with Gasteiger partial charge in [-0.25, -0.2) is 5.01 Å². The number of para-hydroxylation sites is 2. The van der Waals surface area contributed by atoms with Crippen molar-refractivity contribution in [3.63, 3.8) is 0 Å². The van der Waals surface area contributed by atoms with Gasteiger partial charge in [0.25, 0.3) is 0 Å². The molecule has 0 saturated carbocycles. The highest BCUT2D eigenvalue weighted by molar-refractivity contribution is 6.43. The molecule has 0 fully saturated rings. The van der Waals surface area contributed by atoms with E-state index in [0.29, 0.717) is 10.0 Å². The normalized spacial score (nSPS) is 10.9. The summed E-state index contributed by atoms with van der Waals surface area (Å²) in [6.07, 6.45) is 1.72. The Kier molecular flexibility index (Phi) is 4.96. The van der Waals surface area contributed by atoms with E-state index in [4.69, 9.17) is 23.2 Å². The largest absolute Gasteiger partial charge is 0.234 e. The van der Waals surface area contributed by atoms with Crippen LogP contribution in [-0.4, -0.2) is 6.21 Å². The summed E-state index contributed by atoms with van der Waals surface area (Å²) >= 11 is 12.3. The van der Waals surface area contributed by atoms with Crippen molar-refractivity contribution < 1.29 is 0 Å². The van der Waals surface area contributed by atoms with E-state index in [-0.39, 0.29) is 0 Å². The second-order valence-electron chi connectivity index (χ2n) is 4.87. The number of benzene rings is 3. The third-order valence-electron chi connectivity index (χ3n) is 3.30. The van der Waals surface area contributed by atoms with Gasteiger partial charge < -0.3 is 0 Å². The molecule has 0 aliphatic carbocycles. The highest BCUT2D eigenvalue weighted by atomic mass is 35.5. The third-order valence-corrected chi connectivity index (χ3v) is 4.13. The zero-order valence-electron chi connectivity index (χ0n) is 12.2. The fourth-order valence-electron chi connectivity index (χ4n) is 2.16. The first kappa shape index (κ1) is 15.6. The molecule has 114 valence electrons. The lowest BCUT2D eigenvalue weighted by molar-refractivity contribution is 1.09. The molecule has 0 spiro atoms. The molecule has 0 aromatic heterocycles. The van der Waals surface area contributed by atoms with E-state index < -0.39 is 0 Å². The first-order valence-corrected chi connectivity index (χ1v) is 7.89. The molecule has 0 N–H and O–H groups in total. The van der Waals surface area contributed by atoms with Crippen LogP contribution >= 0.6 is 23.2 Å². The average molecular weight is 341 g/mol. The minimum absolute atomic E-state index is 0.499. The Morgan fingerprint density at radius 3 is 1.83 bits per heavy atom. The lowest BCUT2D eigenvalue weighted by Crippen LogP contribution is -2.09. The summed E-state index contributed by atoms with van der Waals surface area (Å²) in [5.74, 6) is 0. The molecule has 0 amide bonds. The predicted molar refractivity (Wildman–Crippen MR) is 99.1 cm³/mol. The molecule has 3 rings (SSSR count). The molecule has 0 unspecified atom stereocenters. The van der Waals surface area contributed by atoms with Crippen molar-refractivity contribution in [2.24, 2.45) is 5.10 Å². The molecular formula is C19H14Cl2N2. The summed E-state index contributed by atoms with van der Waals surface area (Å²) in [7, 11) is 0. The molecule has 0 aliphatic rings. The Morgan fingerprint density at radius 1 is 0.696 bits per heavy atom. The smallest absolute Gasteiger partial charge is 0.0680 e. The molecule has 3 aromatic carbocycles. The maximum atomic E-state index is 6.23. The minimum atomic E-state index is 0.499. The Balaban J connectivity index is 2.00. The van der Waals surface area contributed by atoms with Gasteiger partial charge in [-0.05, 0) is 30.3 Å².